The Morgan fingerprint density at radius 3 is 2.67 bits per heavy atom. The lowest BCUT2D eigenvalue weighted by atomic mass is 9.91. The van der Waals surface area contributed by atoms with Gasteiger partial charge >= 0.3 is 0 Å². The molecule has 1 unspecified atom stereocenters. The summed E-state index contributed by atoms with van der Waals surface area (Å²) in [5, 5.41) is 4.19. The molecule has 5 heteroatoms. The normalized spacial score (nSPS) is 24.9. The van der Waals surface area contributed by atoms with Gasteiger partial charge in [0.25, 0.3) is 0 Å². The molecular weight excluding hydrogens is 336 g/mol. The van der Waals surface area contributed by atoms with Crippen LogP contribution in [0.5, 0.6) is 0 Å². The SMILES string of the molecule is O=C1CCC(CN2CCC(c3ccc4cc(C5CC5)cnc4n3)CC2)CN1. The van der Waals surface area contributed by atoms with E-state index in [9.17, 15) is 4.79 Å². The molecule has 3 fully saturated rings. The summed E-state index contributed by atoms with van der Waals surface area (Å²) in [6.07, 6.45) is 8.71. The zero-order valence-electron chi connectivity index (χ0n) is 15.9. The number of carbonyl (C=O) groups is 1. The van der Waals surface area contributed by atoms with Crippen LogP contribution >= 0.6 is 0 Å². The number of likely N-dealkylation sites (tertiary alicyclic amines) is 1. The minimum absolute atomic E-state index is 0.213. The number of hydrogen-bond donors (Lipinski definition) is 1. The summed E-state index contributed by atoms with van der Waals surface area (Å²) < 4.78 is 0. The number of aromatic nitrogens is 2. The third-order valence-corrected chi connectivity index (χ3v) is 6.52. The summed E-state index contributed by atoms with van der Waals surface area (Å²) in [6, 6.07) is 6.72. The molecule has 1 aliphatic carbocycles. The standard InChI is InChI=1S/C22H28N4O/c27-21-6-1-15(12-23-21)14-26-9-7-17(8-10-26)20-5-4-18-11-19(16-2-3-16)13-24-22(18)25-20/h4-5,11,13,15-17H,1-3,6-10,12,14H2,(H,23,27). The van der Waals surface area contributed by atoms with E-state index in [0.717, 1.165) is 57.0 Å². The van der Waals surface area contributed by atoms with Crippen LogP contribution in [-0.4, -0.2) is 47.0 Å². The second-order valence-corrected chi connectivity index (χ2v) is 8.61. The lowest BCUT2D eigenvalue weighted by Crippen LogP contribution is -2.43. The van der Waals surface area contributed by atoms with Gasteiger partial charge in [-0.1, -0.05) is 0 Å². The Morgan fingerprint density at radius 2 is 1.93 bits per heavy atom. The Labute approximate surface area is 160 Å². The van der Waals surface area contributed by atoms with Gasteiger partial charge in [0.05, 0.1) is 0 Å². The van der Waals surface area contributed by atoms with Crippen LogP contribution in [0.2, 0.25) is 0 Å². The quantitative estimate of drug-likeness (QED) is 0.905. The van der Waals surface area contributed by atoms with E-state index in [2.05, 4.69) is 33.4 Å². The van der Waals surface area contributed by atoms with Gasteiger partial charge < -0.3 is 10.2 Å². The Morgan fingerprint density at radius 1 is 1.07 bits per heavy atom. The van der Waals surface area contributed by atoms with Crippen LogP contribution in [-0.2, 0) is 4.79 Å². The van der Waals surface area contributed by atoms with Gasteiger partial charge in [-0.15, -0.1) is 0 Å². The monoisotopic (exact) mass is 364 g/mol. The van der Waals surface area contributed by atoms with Crippen molar-refractivity contribution in [3.8, 4) is 0 Å². The van der Waals surface area contributed by atoms with Gasteiger partial charge in [0.1, 0.15) is 0 Å². The first kappa shape index (κ1) is 17.1. The van der Waals surface area contributed by atoms with Gasteiger partial charge in [0.15, 0.2) is 5.65 Å². The van der Waals surface area contributed by atoms with Gasteiger partial charge in [0.2, 0.25) is 5.91 Å². The van der Waals surface area contributed by atoms with Gasteiger partial charge in [-0.3, -0.25) is 4.79 Å². The minimum Gasteiger partial charge on any atom is -0.356 e. The van der Waals surface area contributed by atoms with Crippen molar-refractivity contribution >= 4 is 16.9 Å². The van der Waals surface area contributed by atoms with Crippen molar-refractivity contribution in [1.82, 2.24) is 20.2 Å². The predicted molar refractivity (Wildman–Crippen MR) is 106 cm³/mol. The minimum atomic E-state index is 0.213. The van der Waals surface area contributed by atoms with Crippen molar-refractivity contribution in [3.05, 3.63) is 35.7 Å². The van der Waals surface area contributed by atoms with E-state index in [1.54, 1.807) is 0 Å². The van der Waals surface area contributed by atoms with E-state index in [1.807, 2.05) is 6.20 Å². The average molecular weight is 364 g/mol. The zero-order chi connectivity index (χ0) is 18.2. The fourth-order valence-electron chi connectivity index (χ4n) is 4.63. The summed E-state index contributed by atoms with van der Waals surface area (Å²) in [5.41, 5.74) is 3.49. The highest BCUT2D eigenvalue weighted by atomic mass is 16.1. The predicted octanol–water partition coefficient (Wildman–Crippen LogP) is 3.21. The van der Waals surface area contributed by atoms with E-state index in [4.69, 9.17) is 4.98 Å². The first-order valence-corrected chi connectivity index (χ1v) is 10.5. The zero-order valence-corrected chi connectivity index (χ0v) is 15.9. The molecule has 0 bridgehead atoms. The van der Waals surface area contributed by atoms with Crippen molar-refractivity contribution < 1.29 is 4.79 Å². The van der Waals surface area contributed by atoms with Crippen molar-refractivity contribution in [2.24, 2.45) is 5.92 Å². The van der Waals surface area contributed by atoms with Crippen molar-refractivity contribution in [2.75, 3.05) is 26.2 Å². The molecule has 142 valence electrons. The first-order valence-electron chi connectivity index (χ1n) is 10.5. The fraction of sp³-hybridized carbons (Fsp3) is 0.591. The number of nitrogens with zero attached hydrogens (tertiary/aromatic N) is 3. The Hall–Kier alpha value is -2.01. The molecule has 5 nitrogen and oxygen atoms in total. The van der Waals surface area contributed by atoms with Gasteiger partial charge in [-0.25, -0.2) is 9.97 Å². The number of pyridine rings is 2. The van der Waals surface area contributed by atoms with Gasteiger partial charge in [-0.05, 0) is 80.8 Å². The molecular formula is C22H28N4O. The number of fused-ring (bicyclic) bond motifs is 1. The molecule has 27 heavy (non-hydrogen) atoms. The number of rotatable bonds is 4. The van der Waals surface area contributed by atoms with Crippen molar-refractivity contribution in [2.45, 2.75) is 50.4 Å². The molecule has 2 aromatic rings. The average Bonchev–Trinajstić information content (AvgIpc) is 3.55. The van der Waals surface area contributed by atoms with Gasteiger partial charge in [0, 0.05) is 42.7 Å². The van der Waals surface area contributed by atoms with E-state index in [0.29, 0.717) is 18.3 Å². The van der Waals surface area contributed by atoms with Crippen LogP contribution in [0.3, 0.4) is 0 Å². The topological polar surface area (TPSA) is 58.1 Å². The molecule has 1 saturated carbocycles. The maximum atomic E-state index is 11.3. The summed E-state index contributed by atoms with van der Waals surface area (Å²) in [4.78, 5) is 23.4. The fourth-order valence-corrected chi connectivity index (χ4v) is 4.63. The molecule has 3 aliphatic rings. The summed E-state index contributed by atoms with van der Waals surface area (Å²) in [5.74, 6) is 2.11. The third-order valence-electron chi connectivity index (χ3n) is 6.52. The van der Waals surface area contributed by atoms with Gasteiger partial charge in [-0.2, -0.15) is 0 Å². The lowest BCUT2D eigenvalue weighted by molar-refractivity contribution is -0.123. The molecule has 1 N–H and O–H groups in total. The summed E-state index contributed by atoms with van der Waals surface area (Å²) in [7, 11) is 0. The van der Waals surface area contributed by atoms with E-state index >= 15 is 0 Å². The van der Waals surface area contributed by atoms with Crippen LogP contribution in [0.4, 0.5) is 0 Å². The highest BCUT2D eigenvalue weighted by Gasteiger charge is 2.26. The first-order chi connectivity index (χ1) is 13.2. The number of hydrogen-bond acceptors (Lipinski definition) is 4. The van der Waals surface area contributed by atoms with Crippen LogP contribution < -0.4 is 5.32 Å². The van der Waals surface area contributed by atoms with Crippen LogP contribution in [0, 0.1) is 5.92 Å². The van der Waals surface area contributed by atoms with Crippen molar-refractivity contribution in [3.63, 3.8) is 0 Å². The van der Waals surface area contributed by atoms with E-state index in [1.165, 1.54) is 29.5 Å². The van der Waals surface area contributed by atoms with E-state index in [-0.39, 0.29) is 5.91 Å². The highest BCUT2D eigenvalue weighted by molar-refractivity contribution is 5.76. The molecule has 5 rings (SSSR count). The molecule has 0 aromatic carbocycles. The van der Waals surface area contributed by atoms with Crippen molar-refractivity contribution in [1.29, 1.82) is 0 Å². The number of nitrogens with one attached hydrogen (secondary N) is 1. The highest BCUT2D eigenvalue weighted by Crippen LogP contribution is 2.40. The molecule has 0 spiro atoms. The molecule has 0 radical (unpaired) electrons. The Bertz CT molecular complexity index is 829. The second kappa shape index (κ2) is 7.19. The smallest absolute Gasteiger partial charge is 0.220 e. The third kappa shape index (κ3) is 3.84. The molecule has 1 atom stereocenters. The van der Waals surface area contributed by atoms with Crippen LogP contribution in [0.1, 0.15) is 61.6 Å². The number of carbonyl (C=O) groups excluding carboxylic acids is 1. The Balaban J connectivity index is 1.20. The second-order valence-electron chi connectivity index (χ2n) is 8.61. The number of amides is 1. The van der Waals surface area contributed by atoms with Crippen LogP contribution in [0.15, 0.2) is 24.4 Å². The maximum Gasteiger partial charge on any atom is 0.220 e. The molecule has 4 heterocycles. The molecule has 1 amide bonds. The molecule has 2 aromatic heterocycles. The Kier molecular flexibility index (Phi) is 4.56. The van der Waals surface area contributed by atoms with E-state index < -0.39 is 0 Å². The number of piperidine rings is 2. The maximum absolute atomic E-state index is 11.3. The molecule has 2 aliphatic heterocycles. The summed E-state index contributed by atoms with van der Waals surface area (Å²) in [6.45, 7) is 4.22. The summed E-state index contributed by atoms with van der Waals surface area (Å²) >= 11 is 0. The lowest BCUT2D eigenvalue weighted by Gasteiger charge is -2.35. The largest absolute Gasteiger partial charge is 0.356 e. The molecule has 2 saturated heterocycles. The van der Waals surface area contributed by atoms with Crippen LogP contribution in [0.25, 0.3) is 11.0 Å².